The van der Waals surface area contributed by atoms with Gasteiger partial charge in [-0.05, 0) is 36.6 Å². The van der Waals surface area contributed by atoms with E-state index < -0.39 is 0 Å². The lowest BCUT2D eigenvalue weighted by molar-refractivity contribution is 0.0914. The van der Waals surface area contributed by atoms with Crippen LogP contribution in [-0.4, -0.2) is 39.3 Å². The highest BCUT2D eigenvalue weighted by Crippen LogP contribution is 2.39. The molecule has 2 atom stereocenters. The van der Waals surface area contributed by atoms with E-state index in [1.54, 1.807) is 26.4 Å². The van der Waals surface area contributed by atoms with Crippen LogP contribution in [0.5, 0.6) is 17.2 Å². The Morgan fingerprint density at radius 2 is 1.79 bits per heavy atom. The molecule has 3 rings (SSSR count). The number of hydrogen-bond acceptors (Lipinski definition) is 5. The molecule has 7 heteroatoms. The summed E-state index contributed by atoms with van der Waals surface area (Å²) in [5.41, 5.74) is 1.52. The molecule has 2 unspecified atom stereocenters. The SMILES string of the molecule is COc1cc(C(=O)NC2CNCCC2C)cc(OC)c1OCc1ccccc1.Cl. The number of methoxy groups -OCH3 is 2. The maximum Gasteiger partial charge on any atom is 0.251 e. The Hall–Kier alpha value is -2.44. The summed E-state index contributed by atoms with van der Waals surface area (Å²) in [6.45, 7) is 4.31. The molecule has 2 N–H and O–H groups in total. The fraction of sp³-hybridized carbons (Fsp3) is 0.409. The van der Waals surface area contributed by atoms with Crippen molar-refractivity contribution in [2.24, 2.45) is 5.92 Å². The number of amides is 1. The van der Waals surface area contributed by atoms with Gasteiger partial charge in [0.1, 0.15) is 6.61 Å². The Bertz CT molecular complexity index is 776. The largest absolute Gasteiger partial charge is 0.493 e. The van der Waals surface area contributed by atoms with Crippen molar-refractivity contribution >= 4 is 18.3 Å². The first-order valence-electron chi connectivity index (χ1n) is 9.56. The number of carbonyl (C=O) groups is 1. The number of halogens is 1. The van der Waals surface area contributed by atoms with Crippen molar-refractivity contribution in [1.29, 1.82) is 0 Å². The van der Waals surface area contributed by atoms with Crippen LogP contribution in [0.2, 0.25) is 0 Å². The summed E-state index contributed by atoms with van der Waals surface area (Å²) in [4.78, 5) is 12.8. The van der Waals surface area contributed by atoms with Crippen LogP contribution < -0.4 is 24.8 Å². The Labute approximate surface area is 178 Å². The molecule has 0 aromatic heterocycles. The van der Waals surface area contributed by atoms with Crippen molar-refractivity contribution in [3.05, 3.63) is 53.6 Å². The van der Waals surface area contributed by atoms with E-state index in [4.69, 9.17) is 14.2 Å². The van der Waals surface area contributed by atoms with Crippen molar-refractivity contribution in [3.8, 4) is 17.2 Å². The summed E-state index contributed by atoms with van der Waals surface area (Å²) in [5, 5.41) is 6.44. The Kier molecular flexibility index (Phi) is 8.61. The smallest absolute Gasteiger partial charge is 0.251 e. The van der Waals surface area contributed by atoms with Crippen LogP contribution in [-0.2, 0) is 6.61 Å². The lowest BCUT2D eigenvalue weighted by atomic mass is 9.94. The number of rotatable bonds is 7. The van der Waals surface area contributed by atoms with Gasteiger partial charge < -0.3 is 24.8 Å². The molecule has 0 radical (unpaired) electrons. The number of carbonyl (C=O) groups excluding carboxylic acids is 1. The zero-order chi connectivity index (χ0) is 19.9. The van der Waals surface area contributed by atoms with Crippen LogP contribution >= 0.6 is 12.4 Å². The van der Waals surface area contributed by atoms with E-state index in [0.717, 1.165) is 25.1 Å². The molecule has 0 aliphatic carbocycles. The van der Waals surface area contributed by atoms with Gasteiger partial charge in [-0.2, -0.15) is 0 Å². The molecule has 1 saturated heterocycles. The first-order chi connectivity index (χ1) is 13.6. The first-order valence-corrected chi connectivity index (χ1v) is 9.56. The first kappa shape index (κ1) is 22.8. The molecule has 0 spiro atoms. The van der Waals surface area contributed by atoms with Gasteiger partial charge in [0.25, 0.3) is 5.91 Å². The number of hydrogen-bond donors (Lipinski definition) is 2. The highest BCUT2D eigenvalue weighted by molar-refractivity contribution is 5.95. The maximum absolute atomic E-state index is 12.8. The minimum atomic E-state index is -0.147. The zero-order valence-corrected chi connectivity index (χ0v) is 17.9. The van der Waals surface area contributed by atoms with Gasteiger partial charge >= 0.3 is 0 Å². The normalized spacial score (nSPS) is 18.3. The average Bonchev–Trinajstić information content (AvgIpc) is 2.73. The van der Waals surface area contributed by atoms with Crippen LogP contribution in [0.4, 0.5) is 0 Å². The van der Waals surface area contributed by atoms with E-state index in [0.29, 0.717) is 35.3 Å². The molecule has 1 aliphatic rings. The molecular weight excluding hydrogens is 392 g/mol. The molecule has 2 aromatic carbocycles. The van der Waals surface area contributed by atoms with Gasteiger partial charge in [0.15, 0.2) is 11.5 Å². The molecule has 1 amide bonds. The van der Waals surface area contributed by atoms with Crippen molar-refractivity contribution in [1.82, 2.24) is 10.6 Å². The Morgan fingerprint density at radius 1 is 1.14 bits per heavy atom. The number of nitrogens with one attached hydrogen (secondary N) is 2. The predicted octanol–water partition coefficient (Wildman–Crippen LogP) is 3.43. The molecule has 2 aromatic rings. The standard InChI is InChI=1S/C22H28N2O4.ClH/c1-15-9-10-23-13-18(15)24-22(25)17-11-19(26-2)21(20(12-17)27-3)28-14-16-7-5-4-6-8-16;/h4-8,11-12,15,18,23H,9-10,13-14H2,1-3H3,(H,24,25);1H. The molecule has 0 bridgehead atoms. The van der Waals surface area contributed by atoms with Crippen LogP contribution in [0.25, 0.3) is 0 Å². The van der Waals surface area contributed by atoms with Gasteiger partial charge in [-0.25, -0.2) is 0 Å². The van der Waals surface area contributed by atoms with Gasteiger partial charge in [0.2, 0.25) is 5.75 Å². The van der Waals surface area contributed by atoms with Crippen molar-refractivity contribution in [2.45, 2.75) is 26.0 Å². The number of benzene rings is 2. The summed E-state index contributed by atoms with van der Waals surface area (Å²) in [7, 11) is 3.11. The van der Waals surface area contributed by atoms with E-state index in [-0.39, 0.29) is 24.4 Å². The summed E-state index contributed by atoms with van der Waals surface area (Å²) < 4.78 is 16.9. The summed E-state index contributed by atoms with van der Waals surface area (Å²) in [6, 6.07) is 13.3. The monoisotopic (exact) mass is 420 g/mol. The highest BCUT2D eigenvalue weighted by atomic mass is 35.5. The van der Waals surface area contributed by atoms with E-state index in [1.807, 2.05) is 30.3 Å². The van der Waals surface area contributed by atoms with Gasteiger partial charge in [0.05, 0.1) is 14.2 Å². The zero-order valence-electron chi connectivity index (χ0n) is 17.1. The Balaban J connectivity index is 0.00000300. The van der Waals surface area contributed by atoms with Gasteiger partial charge in [0, 0.05) is 18.2 Å². The quantitative estimate of drug-likeness (QED) is 0.718. The highest BCUT2D eigenvalue weighted by Gasteiger charge is 2.24. The summed E-state index contributed by atoms with van der Waals surface area (Å²) >= 11 is 0. The number of piperidine rings is 1. The second kappa shape index (κ2) is 10.9. The van der Waals surface area contributed by atoms with E-state index in [1.165, 1.54) is 0 Å². The van der Waals surface area contributed by atoms with Crippen molar-refractivity contribution < 1.29 is 19.0 Å². The van der Waals surface area contributed by atoms with Crippen LogP contribution in [0.15, 0.2) is 42.5 Å². The molecule has 1 heterocycles. The van der Waals surface area contributed by atoms with Gasteiger partial charge in [-0.3, -0.25) is 4.79 Å². The fourth-order valence-electron chi connectivity index (χ4n) is 3.32. The minimum absolute atomic E-state index is 0. The van der Waals surface area contributed by atoms with E-state index in [9.17, 15) is 4.79 Å². The second-order valence-corrected chi connectivity index (χ2v) is 7.03. The minimum Gasteiger partial charge on any atom is -0.493 e. The molecular formula is C22H29ClN2O4. The molecule has 158 valence electrons. The van der Waals surface area contributed by atoms with Gasteiger partial charge in [-0.15, -0.1) is 12.4 Å². The summed E-state index contributed by atoms with van der Waals surface area (Å²) in [6.07, 6.45) is 1.05. The average molecular weight is 421 g/mol. The third kappa shape index (κ3) is 5.78. The molecule has 0 saturated carbocycles. The third-order valence-corrected chi connectivity index (χ3v) is 5.09. The van der Waals surface area contributed by atoms with Crippen LogP contribution in [0.1, 0.15) is 29.3 Å². The van der Waals surface area contributed by atoms with Crippen LogP contribution in [0, 0.1) is 5.92 Å². The molecule has 1 fully saturated rings. The topological polar surface area (TPSA) is 68.8 Å². The van der Waals surface area contributed by atoms with Crippen molar-refractivity contribution in [3.63, 3.8) is 0 Å². The van der Waals surface area contributed by atoms with Crippen molar-refractivity contribution in [2.75, 3.05) is 27.3 Å². The molecule has 1 aliphatic heterocycles. The van der Waals surface area contributed by atoms with Gasteiger partial charge in [-0.1, -0.05) is 37.3 Å². The second-order valence-electron chi connectivity index (χ2n) is 7.03. The lowest BCUT2D eigenvalue weighted by Gasteiger charge is -2.30. The third-order valence-electron chi connectivity index (χ3n) is 5.09. The molecule has 29 heavy (non-hydrogen) atoms. The van der Waals surface area contributed by atoms with Crippen LogP contribution in [0.3, 0.4) is 0 Å². The maximum atomic E-state index is 12.8. The lowest BCUT2D eigenvalue weighted by Crippen LogP contribution is -2.50. The summed E-state index contributed by atoms with van der Waals surface area (Å²) in [5.74, 6) is 1.71. The van der Waals surface area contributed by atoms with E-state index in [2.05, 4.69) is 17.6 Å². The van der Waals surface area contributed by atoms with E-state index >= 15 is 0 Å². The number of ether oxygens (including phenoxy) is 3. The molecule has 6 nitrogen and oxygen atoms in total. The Morgan fingerprint density at radius 3 is 2.38 bits per heavy atom. The predicted molar refractivity (Wildman–Crippen MR) is 115 cm³/mol. The fourth-order valence-corrected chi connectivity index (χ4v) is 3.32.